The van der Waals surface area contributed by atoms with Gasteiger partial charge in [-0.3, -0.25) is 9.59 Å². The summed E-state index contributed by atoms with van der Waals surface area (Å²) in [5, 5.41) is 28.2. The van der Waals surface area contributed by atoms with Crippen LogP contribution in [0, 0.1) is 23.3 Å². The number of carbonyl (C=O) groups is 2. The topological polar surface area (TPSA) is 183 Å². The molecule has 7 rings (SSSR count). The average molecular weight is 1080 g/mol. The highest BCUT2D eigenvalue weighted by Gasteiger charge is 2.62. The van der Waals surface area contributed by atoms with E-state index in [1.807, 2.05) is 13.8 Å². The molecule has 1 aromatic heterocycles. The van der Waals surface area contributed by atoms with Crippen LogP contribution >= 0.6 is 11.6 Å². The van der Waals surface area contributed by atoms with Gasteiger partial charge in [-0.15, -0.1) is 11.5 Å². The minimum Gasteiger partial charge on any atom is -0.492 e. The summed E-state index contributed by atoms with van der Waals surface area (Å²) in [5.41, 5.74) is 0.585. The predicted octanol–water partition coefficient (Wildman–Crippen LogP) is 9.81. The van der Waals surface area contributed by atoms with Gasteiger partial charge in [-0.1, -0.05) is 77.6 Å². The third kappa shape index (κ3) is 12.4. The molecule has 0 radical (unpaired) electrons. The van der Waals surface area contributed by atoms with E-state index in [9.17, 15) is 19.8 Å². The fourth-order valence-corrected chi connectivity index (χ4v) is 13.0. The van der Waals surface area contributed by atoms with E-state index in [4.69, 9.17) is 58.9 Å². The van der Waals surface area contributed by atoms with Crippen molar-refractivity contribution in [3.8, 4) is 52.1 Å². The van der Waals surface area contributed by atoms with Crippen LogP contribution < -0.4 is 29.0 Å². The van der Waals surface area contributed by atoms with E-state index < -0.39 is 82.6 Å². The Bertz CT molecular complexity index is 2740. The summed E-state index contributed by atoms with van der Waals surface area (Å²) in [5.74, 6) is 8.19. The van der Waals surface area contributed by atoms with E-state index in [-0.39, 0.29) is 58.7 Å². The number of ether oxygens (including phenoxy) is 8. The molecule has 0 unspecified atom stereocenters. The molecular weight excluding hydrogens is 1000 g/mol. The largest absolute Gasteiger partial charge is 0.492 e. The molecule has 1 spiro atoms. The second kappa shape index (κ2) is 23.0. The summed E-state index contributed by atoms with van der Waals surface area (Å²) >= 11 is 7.04. The van der Waals surface area contributed by atoms with Crippen LogP contribution in [0.15, 0.2) is 54.6 Å². The summed E-state index contributed by atoms with van der Waals surface area (Å²) < 4.78 is 56.6. The number of aliphatic hydroxyl groups excluding tert-OH is 1. The number of benzene rings is 2. The Hall–Kier alpha value is -5.09. The first-order valence-corrected chi connectivity index (χ1v) is 31.3. The Morgan fingerprint density at radius 3 is 2.34 bits per heavy atom. The zero-order valence-electron chi connectivity index (χ0n) is 45.5. The van der Waals surface area contributed by atoms with Crippen molar-refractivity contribution < 1.29 is 62.1 Å². The molecule has 3 aliphatic heterocycles. The van der Waals surface area contributed by atoms with Gasteiger partial charge in [-0.2, -0.15) is 0 Å². The number of hydrogen-bond acceptors (Lipinski definition) is 14. The summed E-state index contributed by atoms with van der Waals surface area (Å²) in [7, 11) is -1.66. The maximum absolute atomic E-state index is 14.8. The Morgan fingerprint density at radius 2 is 1.76 bits per heavy atom. The molecule has 2 aromatic carbocycles. The third-order valence-corrected chi connectivity index (χ3v) is 24.1. The first-order valence-electron chi connectivity index (χ1n) is 25.3. The number of pyridine rings is 1. The molecule has 0 saturated carbocycles. The molecule has 6 atom stereocenters. The molecule has 4 aliphatic rings. The zero-order chi connectivity index (χ0) is 54.6. The number of fused-ring (bicyclic) bond motifs is 10. The lowest BCUT2D eigenvalue weighted by atomic mass is 9.90. The molecule has 15 nitrogen and oxygen atoms in total. The molecule has 1 amide bonds. The molecule has 74 heavy (non-hydrogen) atoms. The maximum atomic E-state index is 14.8. The van der Waals surface area contributed by atoms with Crippen LogP contribution in [-0.2, 0) is 23.4 Å². The highest BCUT2D eigenvalue weighted by Crippen LogP contribution is 2.50. The van der Waals surface area contributed by atoms with Crippen LogP contribution in [0.3, 0.4) is 0 Å². The van der Waals surface area contributed by atoms with Crippen LogP contribution in [0.5, 0.6) is 28.7 Å². The Kier molecular flexibility index (Phi) is 18.1. The molecule has 1 aliphatic carbocycles. The standard InChI is InChI=1S/C56H75ClN2O13Si2/c1-16-26-66-43-28-36-29-44(69-35(5)6)49(65-13)48(64-12)38(36)31-39(43)52(62)59-41-32-47(61)67-33-46(60)55(63,24-20-27-74(17-2,18-3)19-4)25-23-37-30-45(70-42-22-21-40(41)58-51(42)57)50(71-73(14,15)53(7,8)9)56(37)34-68-54(10,11)72-56/h16,21-22,28-31,35,41,45-46,50,60,63H,1,17-19,24,26,32-34H2,2-15H3,(H,59,62)/t41-,45+,46-,50-,55+,56+/m1/s1. The van der Waals surface area contributed by atoms with E-state index in [0.717, 1.165) is 18.1 Å². The molecule has 18 heteroatoms. The van der Waals surface area contributed by atoms with Gasteiger partial charge in [0.25, 0.3) is 5.91 Å². The average Bonchev–Trinajstić information content (AvgIpc) is 3.81. The number of methoxy groups -OCH3 is 2. The van der Waals surface area contributed by atoms with E-state index in [0.29, 0.717) is 33.6 Å². The van der Waals surface area contributed by atoms with Crippen molar-refractivity contribution in [2.75, 3.05) is 34.0 Å². The molecule has 4 heterocycles. The minimum atomic E-state index is -2.63. The van der Waals surface area contributed by atoms with Crippen molar-refractivity contribution in [3.05, 3.63) is 71.0 Å². The first-order chi connectivity index (χ1) is 34.7. The number of aliphatic hydroxyl groups is 2. The summed E-state index contributed by atoms with van der Waals surface area (Å²) in [4.78, 5) is 33.5. The second-order valence-corrected chi connectivity index (χ2v) is 31.4. The number of hydrogen-bond donors (Lipinski definition) is 3. The van der Waals surface area contributed by atoms with E-state index >= 15 is 0 Å². The molecular formula is C56H75ClN2O13Si2. The van der Waals surface area contributed by atoms with Crippen LogP contribution in [0.2, 0.25) is 41.4 Å². The van der Waals surface area contributed by atoms with Gasteiger partial charge >= 0.3 is 5.97 Å². The van der Waals surface area contributed by atoms with Gasteiger partial charge in [-0.05, 0) is 106 Å². The first kappa shape index (κ1) is 58.2. The molecule has 4 bridgehead atoms. The number of amides is 1. The van der Waals surface area contributed by atoms with E-state index in [2.05, 4.69) is 89.8 Å². The quantitative estimate of drug-likeness (QED) is 0.0430. The SMILES string of the molecule is C=CCOc1cc2cc(OC(C)C)c(OC)c(OC)c2cc1C(=O)N[C@@H]1CC(=O)OC[C@@H](O)[C@](O)(CC#C[Si](CC)(CC)CC)C#CC2=C[C@H](Oc3ccc1nc3Cl)[C@@H](O[Si](C)(C)C(C)(C)C)[C@]21COC(C)(C)O1. The number of esters is 1. The van der Waals surface area contributed by atoms with Crippen LogP contribution in [0.1, 0.15) is 104 Å². The Balaban J connectivity index is 1.50. The van der Waals surface area contributed by atoms with Crippen molar-refractivity contribution in [2.24, 2.45) is 0 Å². The number of nitrogens with zero attached hydrogens (tertiary/aromatic N) is 1. The molecule has 1 saturated heterocycles. The molecule has 1 fully saturated rings. The smallest absolute Gasteiger partial charge is 0.308 e. The monoisotopic (exact) mass is 1070 g/mol. The lowest BCUT2D eigenvalue weighted by molar-refractivity contribution is -0.173. The van der Waals surface area contributed by atoms with Crippen LogP contribution in [0.4, 0.5) is 0 Å². The summed E-state index contributed by atoms with van der Waals surface area (Å²) in [6, 6.07) is 9.81. The lowest BCUT2D eigenvalue weighted by Gasteiger charge is -2.44. The van der Waals surface area contributed by atoms with Gasteiger partial charge in [0, 0.05) is 11.0 Å². The highest BCUT2D eigenvalue weighted by molar-refractivity contribution is 6.87. The van der Waals surface area contributed by atoms with Gasteiger partial charge in [0.2, 0.25) is 5.75 Å². The minimum absolute atomic E-state index is 0.0213. The fourth-order valence-electron chi connectivity index (χ4n) is 8.97. The number of carbonyl (C=O) groups excluding carboxylic acids is 2. The van der Waals surface area contributed by atoms with Crippen molar-refractivity contribution in [1.29, 1.82) is 0 Å². The van der Waals surface area contributed by atoms with Gasteiger partial charge in [-0.25, -0.2) is 4.98 Å². The van der Waals surface area contributed by atoms with Crippen molar-refractivity contribution in [3.63, 3.8) is 0 Å². The normalized spacial score (nSPS) is 23.9. The predicted molar refractivity (Wildman–Crippen MR) is 290 cm³/mol. The second-order valence-electron chi connectivity index (χ2n) is 21.4. The Morgan fingerprint density at radius 1 is 1.08 bits per heavy atom. The van der Waals surface area contributed by atoms with Gasteiger partial charge in [0.1, 0.15) is 45.3 Å². The molecule has 402 valence electrons. The number of aromatic nitrogens is 1. The molecule has 3 N–H and O–H groups in total. The number of rotatable bonds is 15. The zero-order valence-corrected chi connectivity index (χ0v) is 48.3. The maximum Gasteiger partial charge on any atom is 0.308 e. The van der Waals surface area contributed by atoms with Gasteiger partial charge < -0.3 is 57.9 Å². The van der Waals surface area contributed by atoms with Gasteiger partial charge in [0.05, 0.1) is 57.1 Å². The van der Waals surface area contributed by atoms with Crippen molar-refractivity contribution in [1.82, 2.24) is 10.3 Å². The van der Waals surface area contributed by atoms with E-state index in [1.54, 1.807) is 56.3 Å². The van der Waals surface area contributed by atoms with Gasteiger partial charge in [0.15, 0.2) is 47.7 Å². The van der Waals surface area contributed by atoms with Crippen molar-refractivity contribution in [2.45, 2.75) is 166 Å². The number of halogens is 1. The summed E-state index contributed by atoms with van der Waals surface area (Å²) in [6.45, 7) is 27.6. The summed E-state index contributed by atoms with van der Waals surface area (Å²) in [6.07, 6.45) is -1.08. The van der Waals surface area contributed by atoms with Crippen LogP contribution in [0.25, 0.3) is 10.8 Å². The van der Waals surface area contributed by atoms with Crippen molar-refractivity contribution >= 4 is 50.6 Å². The fraction of sp³-hybridized carbons (Fsp3) is 0.554. The number of nitrogens with one attached hydrogen (secondary N) is 1. The lowest BCUT2D eigenvalue weighted by Crippen LogP contribution is -2.57. The highest BCUT2D eigenvalue weighted by atomic mass is 35.5. The van der Waals surface area contributed by atoms with Crippen LogP contribution in [-0.4, -0.2) is 119 Å². The Labute approximate surface area is 444 Å². The van der Waals surface area contributed by atoms with E-state index in [1.165, 1.54) is 14.2 Å². The third-order valence-electron chi connectivity index (χ3n) is 14.6. The molecule has 3 aromatic rings.